The molecule has 2 fully saturated rings. The van der Waals surface area contributed by atoms with E-state index in [-0.39, 0.29) is 5.91 Å². The Morgan fingerprint density at radius 1 is 1.39 bits per heavy atom. The van der Waals surface area contributed by atoms with Gasteiger partial charge in [-0.3, -0.25) is 9.59 Å². The molecule has 96 valence electrons. The van der Waals surface area contributed by atoms with Gasteiger partial charge < -0.3 is 10.0 Å². The molecule has 1 aliphatic carbocycles. The van der Waals surface area contributed by atoms with Crippen molar-refractivity contribution in [3.63, 3.8) is 0 Å². The molecule has 1 saturated heterocycles. The first kappa shape index (κ1) is 11.6. The summed E-state index contributed by atoms with van der Waals surface area (Å²) in [5.74, 6) is -0.804. The average molecular weight is 266 g/mol. The van der Waals surface area contributed by atoms with E-state index in [1.54, 1.807) is 10.3 Å². The van der Waals surface area contributed by atoms with Crippen molar-refractivity contribution >= 4 is 23.2 Å². The Labute approximate surface area is 108 Å². The zero-order chi connectivity index (χ0) is 12.7. The fraction of sp³-hybridized carbons (Fsp3) is 0.583. The molecule has 2 aliphatic rings. The summed E-state index contributed by atoms with van der Waals surface area (Å²) in [6.45, 7) is 0.830. The highest BCUT2D eigenvalue weighted by Gasteiger charge is 2.33. The van der Waals surface area contributed by atoms with Crippen LogP contribution in [0.25, 0.3) is 0 Å². The van der Waals surface area contributed by atoms with Crippen LogP contribution in [0.15, 0.2) is 5.38 Å². The minimum Gasteiger partial charge on any atom is -0.481 e. The van der Waals surface area contributed by atoms with Crippen LogP contribution < -0.4 is 0 Å². The summed E-state index contributed by atoms with van der Waals surface area (Å²) in [7, 11) is 0. The number of aromatic nitrogens is 1. The SMILES string of the molecule is O=C(O)[C@H]1CCN(C(=O)c2csc(C3CC3)n2)C1. The summed E-state index contributed by atoms with van der Waals surface area (Å²) >= 11 is 1.54. The van der Waals surface area contributed by atoms with Gasteiger partial charge in [0.25, 0.3) is 5.91 Å². The van der Waals surface area contributed by atoms with Gasteiger partial charge in [-0.25, -0.2) is 4.98 Å². The van der Waals surface area contributed by atoms with Gasteiger partial charge in [0.1, 0.15) is 5.69 Å². The first-order chi connectivity index (χ1) is 8.65. The van der Waals surface area contributed by atoms with E-state index in [9.17, 15) is 9.59 Å². The van der Waals surface area contributed by atoms with Crippen LogP contribution in [0.1, 0.15) is 40.7 Å². The second kappa shape index (κ2) is 4.35. The number of amides is 1. The van der Waals surface area contributed by atoms with E-state index in [4.69, 9.17) is 5.11 Å². The monoisotopic (exact) mass is 266 g/mol. The molecule has 1 N–H and O–H groups in total. The largest absolute Gasteiger partial charge is 0.481 e. The summed E-state index contributed by atoms with van der Waals surface area (Å²) in [6.07, 6.45) is 2.89. The number of carboxylic acids is 1. The number of nitrogens with zero attached hydrogens (tertiary/aromatic N) is 2. The maximum atomic E-state index is 12.1. The second-order valence-corrected chi connectivity index (χ2v) is 5.81. The lowest BCUT2D eigenvalue weighted by Gasteiger charge is -2.13. The minimum atomic E-state index is -0.817. The second-order valence-electron chi connectivity index (χ2n) is 4.92. The van der Waals surface area contributed by atoms with Crippen molar-refractivity contribution in [2.24, 2.45) is 5.92 Å². The van der Waals surface area contributed by atoms with Crippen molar-refractivity contribution in [2.45, 2.75) is 25.2 Å². The zero-order valence-electron chi connectivity index (χ0n) is 9.83. The predicted octanol–water partition coefficient (Wildman–Crippen LogP) is 1.57. The van der Waals surface area contributed by atoms with Gasteiger partial charge in [0.2, 0.25) is 0 Å². The maximum absolute atomic E-state index is 12.1. The topological polar surface area (TPSA) is 70.5 Å². The van der Waals surface area contributed by atoms with E-state index in [0.717, 1.165) is 5.01 Å². The molecule has 3 rings (SSSR count). The molecular weight excluding hydrogens is 252 g/mol. The Bertz CT molecular complexity index is 495. The Morgan fingerprint density at radius 2 is 2.17 bits per heavy atom. The van der Waals surface area contributed by atoms with Gasteiger partial charge in [-0.15, -0.1) is 11.3 Å². The Hall–Kier alpha value is -1.43. The first-order valence-corrected chi connectivity index (χ1v) is 7.00. The molecule has 1 aliphatic heterocycles. The lowest BCUT2D eigenvalue weighted by Crippen LogP contribution is -2.30. The average Bonchev–Trinajstić information content (AvgIpc) is 2.92. The number of aliphatic carboxylic acids is 1. The molecule has 0 unspecified atom stereocenters. The third-order valence-electron chi connectivity index (χ3n) is 3.49. The van der Waals surface area contributed by atoms with Gasteiger partial charge in [-0.2, -0.15) is 0 Å². The maximum Gasteiger partial charge on any atom is 0.308 e. The highest BCUT2D eigenvalue weighted by molar-refractivity contribution is 7.10. The summed E-state index contributed by atoms with van der Waals surface area (Å²) in [5, 5.41) is 11.8. The molecule has 2 heterocycles. The number of likely N-dealkylation sites (tertiary alicyclic amines) is 1. The fourth-order valence-corrected chi connectivity index (χ4v) is 3.18. The van der Waals surface area contributed by atoms with Crippen LogP contribution in [0.3, 0.4) is 0 Å². The summed E-state index contributed by atoms with van der Waals surface area (Å²) < 4.78 is 0. The molecule has 0 spiro atoms. The number of hydrogen-bond donors (Lipinski definition) is 1. The van der Waals surface area contributed by atoms with Crippen LogP contribution in [0.2, 0.25) is 0 Å². The first-order valence-electron chi connectivity index (χ1n) is 6.12. The molecule has 1 atom stereocenters. The summed E-state index contributed by atoms with van der Waals surface area (Å²) in [5.41, 5.74) is 0.480. The van der Waals surface area contributed by atoms with Crippen LogP contribution in [-0.4, -0.2) is 40.0 Å². The van der Waals surface area contributed by atoms with Crippen molar-refractivity contribution in [1.29, 1.82) is 0 Å². The molecule has 1 aromatic heterocycles. The third-order valence-corrected chi connectivity index (χ3v) is 4.50. The smallest absolute Gasteiger partial charge is 0.308 e. The van der Waals surface area contributed by atoms with Gasteiger partial charge >= 0.3 is 5.97 Å². The van der Waals surface area contributed by atoms with Crippen LogP contribution in [-0.2, 0) is 4.79 Å². The van der Waals surface area contributed by atoms with Crippen molar-refractivity contribution in [2.75, 3.05) is 13.1 Å². The lowest BCUT2D eigenvalue weighted by atomic mass is 10.1. The molecule has 5 nitrogen and oxygen atoms in total. The Balaban J connectivity index is 1.68. The quantitative estimate of drug-likeness (QED) is 0.901. The molecule has 0 radical (unpaired) electrons. The van der Waals surface area contributed by atoms with Gasteiger partial charge in [0.15, 0.2) is 0 Å². The van der Waals surface area contributed by atoms with Crippen LogP contribution in [0, 0.1) is 5.92 Å². The van der Waals surface area contributed by atoms with Crippen LogP contribution in [0.4, 0.5) is 0 Å². The highest BCUT2D eigenvalue weighted by atomic mass is 32.1. The number of hydrogen-bond acceptors (Lipinski definition) is 4. The van der Waals surface area contributed by atoms with Crippen LogP contribution in [0.5, 0.6) is 0 Å². The predicted molar refractivity (Wildman–Crippen MR) is 65.7 cm³/mol. The number of thiazole rings is 1. The molecule has 1 amide bonds. The molecule has 6 heteroatoms. The van der Waals surface area contributed by atoms with E-state index in [1.165, 1.54) is 24.2 Å². The van der Waals surface area contributed by atoms with E-state index in [1.807, 2.05) is 0 Å². The van der Waals surface area contributed by atoms with Crippen molar-refractivity contribution in [1.82, 2.24) is 9.88 Å². The van der Waals surface area contributed by atoms with Gasteiger partial charge in [-0.05, 0) is 19.3 Å². The summed E-state index contributed by atoms with van der Waals surface area (Å²) in [6, 6.07) is 0. The molecular formula is C12H14N2O3S. The lowest BCUT2D eigenvalue weighted by molar-refractivity contribution is -0.141. The molecule has 18 heavy (non-hydrogen) atoms. The van der Waals surface area contributed by atoms with Gasteiger partial charge in [0.05, 0.1) is 10.9 Å². The number of rotatable bonds is 3. The standard InChI is InChI=1S/C12H14N2O3S/c15-11(14-4-3-8(5-14)12(16)17)9-6-18-10(13-9)7-1-2-7/h6-8H,1-5H2,(H,16,17)/t8-/m0/s1. The molecule has 1 saturated carbocycles. The fourth-order valence-electron chi connectivity index (χ4n) is 2.21. The normalized spacial score (nSPS) is 23.3. The van der Waals surface area contributed by atoms with Crippen molar-refractivity contribution in [3.8, 4) is 0 Å². The number of carboxylic acid groups (broad SMARTS) is 1. The van der Waals surface area contributed by atoms with E-state index in [2.05, 4.69) is 4.98 Å². The molecule has 1 aromatic rings. The molecule has 0 aromatic carbocycles. The highest BCUT2D eigenvalue weighted by Crippen LogP contribution is 2.41. The zero-order valence-corrected chi connectivity index (χ0v) is 10.7. The number of carbonyl (C=O) groups excluding carboxylic acids is 1. The van der Waals surface area contributed by atoms with E-state index in [0.29, 0.717) is 31.1 Å². The van der Waals surface area contributed by atoms with E-state index >= 15 is 0 Å². The molecule has 0 bridgehead atoms. The van der Waals surface area contributed by atoms with Gasteiger partial charge in [-0.1, -0.05) is 0 Å². The van der Waals surface area contributed by atoms with E-state index < -0.39 is 11.9 Å². The Kier molecular flexibility index (Phi) is 2.81. The van der Waals surface area contributed by atoms with Crippen molar-refractivity contribution in [3.05, 3.63) is 16.1 Å². The van der Waals surface area contributed by atoms with Gasteiger partial charge in [0, 0.05) is 24.4 Å². The number of carbonyl (C=O) groups is 2. The Morgan fingerprint density at radius 3 is 2.78 bits per heavy atom. The summed E-state index contributed by atoms with van der Waals surface area (Å²) in [4.78, 5) is 29.0. The minimum absolute atomic E-state index is 0.123. The third kappa shape index (κ3) is 2.12. The van der Waals surface area contributed by atoms with Crippen molar-refractivity contribution < 1.29 is 14.7 Å². The van der Waals surface area contributed by atoms with Crippen LogP contribution >= 0.6 is 11.3 Å².